The van der Waals surface area contributed by atoms with Crippen molar-refractivity contribution in [3.8, 4) is 0 Å². The van der Waals surface area contributed by atoms with Gasteiger partial charge in [0.15, 0.2) is 5.03 Å². The summed E-state index contributed by atoms with van der Waals surface area (Å²) < 4.78 is 28.6. The molecular weight excluding hydrogens is 321 g/mol. The molecule has 0 aliphatic heterocycles. The van der Waals surface area contributed by atoms with E-state index in [1.54, 1.807) is 7.05 Å². The topological polar surface area (TPSA) is 64.0 Å². The first-order valence-electron chi connectivity index (χ1n) is 6.63. The summed E-state index contributed by atoms with van der Waals surface area (Å²) in [6.45, 7) is 0.348. The molecule has 0 spiro atoms. The van der Waals surface area contributed by atoms with Gasteiger partial charge in [0.2, 0.25) is 0 Å². The number of hydrogen-bond donors (Lipinski definition) is 1. The van der Waals surface area contributed by atoms with Gasteiger partial charge in [-0.3, -0.25) is 4.68 Å². The summed E-state index contributed by atoms with van der Waals surface area (Å²) in [6, 6.07) is 0. The second kappa shape index (κ2) is 6.22. The van der Waals surface area contributed by atoms with Crippen LogP contribution in [0.3, 0.4) is 0 Å². The van der Waals surface area contributed by atoms with Crippen LogP contribution in [0.5, 0.6) is 0 Å². The summed E-state index contributed by atoms with van der Waals surface area (Å²) in [4.78, 5) is 0. The lowest BCUT2D eigenvalue weighted by atomic mass is 9.76. The number of alkyl halides is 1. The molecule has 0 atom stereocenters. The van der Waals surface area contributed by atoms with Gasteiger partial charge in [-0.15, -0.1) is 11.6 Å². The predicted octanol–water partition coefficient (Wildman–Crippen LogP) is 2.54. The molecule has 0 saturated heterocycles. The number of aromatic nitrogens is 2. The van der Waals surface area contributed by atoms with Crippen molar-refractivity contribution in [1.29, 1.82) is 0 Å². The first-order valence-corrected chi connectivity index (χ1v) is 9.03. The van der Waals surface area contributed by atoms with Crippen molar-refractivity contribution in [2.75, 3.05) is 12.4 Å². The Balaban J connectivity index is 2.13. The zero-order valence-corrected chi connectivity index (χ0v) is 13.7. The van der Waals surface area contributed by atoms with Gasteiger partial charge in [0, 0.05) is 19.5 Å². The molecule has 0 aromatic carbocycles. The lowest BCUT2D eigenvalue weighted by Gasteiger charge is -2.35. The van der Waals surface area contributed by atoms with E-state index in [1.165, 1.54) is 17.3 Å². The first kappa shape index (κ1) is 16.1. The van der Waals surface area contributed by atoms with Crippen molar-refractivity contribution >= 4 is 33.2 Å². The summed E-state index contributed by atoms with van der Waals surface area (Å²) in [5.74, 6) is 0.467. The van der Waals surface area contributed by atoms with Crippen LogP contribution in [0, 0.1) is 5.41 Å². The van der Waals surface area contributed by atoms with E-state index < -0.39 is 10.0 Å². The fourth-order valence-corrected chi connectivity index (χ4v) is 4.85. The van der Waals surface area contributed by atoms with Crippen LogP contribution in [-0.2, 0) is 17.1 Å². The van der Waals surface area contributed by atoms with E-state index in [0.717, 1.165) is 25.7 Å². The molecule has 1 saturated carbocycles. The molecule has 114 valence electrons. The van der Waals surface area contributed by atoms with Crippen molar-refractivity contribution in [2.24, 2.45) is 12.5 Å². The molecule has 0 unspecified atom stereocenters. The van der Waals surface area contributed by atoms with E-state index in [9.17, 15) is 8.42 Å². The van der Waals surface area contributed by atoms with E-state index >= 15 is 0 Å². The molecule has 20 heavy (non-hydrogen) atoms. The van der Waals surface area contributed by atoms with Crippen LogP contribution in [0.15, 0.2) is 11.2 Å². The van der Waals surface area contributed by atoms with E-state index in [2.05, 4.69) is 9.82 Å². The minimum Gasteiger partial charge on any atom is -0.255 e. The van der Waals surface area contributed by atoms with Gasteiger partial charge in [-0.1, -0.05) is 30.9 Å². The molecule has 1 fully saturated rings. The van der Waals surface area contributed by atoms with Crippen LogP contribution in [0.2, 0.25) is 5.02 Å². The fourth-order valence-electron chi connectivity index (χ4n) is 2.68. The summed E-state index contributed by atoms with van der Waals surface area (Å²) in [6.07, 6.45) is 6.63. The molecule has 0 bridgehead atoms. The van der Waals surface area contributed by atoms with E-state index in [0.29, 0.717) is 12.4 Å². The number of sulfonamides is 1. The third-order valence-electron chi connectivity index (χ3n) is 3.93. The third kappa shape index (κ3) is 3.30. The molecule has 1 aliphatic rings. The maximum absolute atomic E-state index is 12.3. The number of halogens is 2. The number of aryl methyl sites for hydroxylation is 1. The van der Waals surface area contributed by atoms with Gasteiger partial charge in [0.25, 0.3) is 10.0 Å². The summed E-state index contributed by atoms with van der Waals surface area (Å²) >= 11 is 12.0. The van der Waals surface area contributed by atoms with Gasteiger partial charge in [0.05, 0.1) is 11.2 Å². The van der Waals surface area contributed by atoms with E-state index in [4.69, 9.17) is 23.2 Å². The van der Waals surface area contributed by atoms with Crippen LogP contribution in [0.4, 0.5) is 0 Å². The Morgan fingerprint density at radius 3 is 2.55 bits per heavy atom. The summed E-state index contributed by atoms with van der Waals surface area (Å²) in [5.41, 5.74) is -0.141. The molecule has 1 aromatic heterocycles. The van der Waals surface area contributed by atoms with Crippen molar-refractivity contribution in [3.63, 3.8) is 0 Å². The van der Waals surface area contributed by atoms with Crippen molar-refractivity contribution in [2.45, 2.75) is 37.1 Å². The standard InChI is InChI=1S/C12H19Cl2N3O2S/c1-17-11(10(14)7-15-17)20(18,19)16-9-12(8-13)5-3-2-4-6-12/h7,16H,2-6,8-9H2,1H3. The Morgan fingerprint density at radius 2 is 2.05 bits per heavy atom. The largest absolute Gasteiger partial charge is 0.259 e. The molecule has 8 heteroatoms. The Kier molecular flexibility index (Phi) is 5.00. The SMILES string of the molecule is Cn1ncc(Cl)c1S(=O)(=O)NCC1(CCl)CCCCC1. The first-order chi connectivity index (χ1) is 9.40. The van der Waals surface area contributed by atoms with Gasteiger partial charge in [-0.2, -0.15) is 5.10 Å². The Bertz CT molecular complexity index is 546. The monoisotopic (exact) mass is 339 g/mol. The minimum absolute atomic E-state index is 0.000279. The fraction of sp³-hybridized carbons (Fsp3) is 0.750. The lowest BCUT2D eigenvalue weighted by Crippen LogP contribution is -2.40. The highest BCUT2D eigenvalue weighted by Gasteiger charge is 2.33. The number of nitrogens with zero attached hydrogens (tertiary/aromatic N) is 2. The van der Waals surface area contributed by atoms with Crippen molar-refractivity contribution < 1.29 is 8.42 Å². The Hall–Kier alpha value is -0.300. The van der Waals surface area contributed by atoms with Crippen LogP contribution in [0.25, 0.3) is 0 Å². The Labute approximate surface area is 129 Å². The van der Waals surface area contributed by atoms with E-state index in [-0.39, 0.29) is 15.5 Å². The van der Waals surface area contributed by atoms with Gasteiger partial charge in [-0.05, 0) is 18.3 Å². The maximum atomic E-state index is 12.3. The van der Waals surface area contributed by atoms with Crippen LogP contribution < -0.4 is 4.72 Å². The highest BCUT2D eigenvalue weighted by molar-refractivity contribution is 7.89. The highest BCUT2D eigenvalue weighted by atomic mass is 35.5. The summed E-state index contributed by atoms with van der Waals surface area (Å²) in [5, 5.41) is 3.98. The number of rotatable bonds is 5. The number of nitrogens with one attached hydrogen (secondary N) is 1. The number of hydrogen-bond acceptors (Lipinski definition) is 3. The van der Waals surface area contributed by atoms with Gasteiger partial charge >= 0.3 is 0 Å². The van der Waals surface area contributed by atoms with E-state index in [1.807, 2.05) is 0 Å². The molecule has 1 aromatic rings. The Morgan fingerprint density at radius 1 is 1.40 bits per heavy atom. The molecular formula is C12H19Cl2N3O2S. The third-order valence-corrected chi connectivity index (χ3v) is 6.41. The van der Waals surface area contributed by atoms with Crippen LogP contribution in [0.1, 0.15) is 32.1 Å². The zero-order chi connectivity index (χ0) is 14.8. The maximum Gasteiger partial charge on any atom is 0.259 e. The zero-order valence-electron chi connectivity index (χ0n) is 11.4. The minimum atomic E-state index is -3.67. The molecule has 5 nitrogen and oxygen atoms in total. The quantitative estimate of drug-likeness (QED) is 0.838. The lowest BCUT2D eigenvalue weighted by molar-refractivity contribution is 0.223. The van der Waals surface area contributed by atoms with Gasteiger partial charge in [-0.25, -0.2) is 13.1 Å². The second-order valence-electron chi connectivity index (χ2n) is 5.44. The smallest absolute Gasteiger partial charge is 0.255 e. The second-order valence-corrected chi connectivity index (χ2v) is 7.80. The van der Waals surface area contributed by atoms with Gasteiger partial charge < -0.3 is 0 Å². The van der Waals surface area contributed by atoms with Crippen LogP contribution >= 0.6 is 23.2 Å². The van der Waals surface area contributed by atoms with Gasteiger partial charge in [0.1, 0.15) is 0 Å². The van der Waals surface area contributed by atoms with Crippen molar-refractivity contribution in [1.82, 2.24) is 14.5 Å². The average Bonchev–Trinajstić information content (AvgIpc) is 2.78. The normalized spacial score (nSPS) is 19.1. The molecule has 1 heterocycles. The molecule has 0 radical (unpaired) electrons. The van der Waals surface area contributed by atoms with Crippen LogP contribution in [-0.4, -0.2) is 30.6 Å². The summed E-state index contributed by atoms with van der Waals surface area (Å²) in [7, 11) is -2.11. The highest BCUT2D eigenvalue weighted by Crippen LogP contribution is 2.37. The predicted molar refractivity (Wildman–Crippen MR) is 79.6 cm³/mol. The van der Waals surface area contributed by atoms with Crippen molar-refractivity contribution in [3.05, 3.63) is 11.2 Å². The molecule has 1 N–H and O–H groups in total. The molecule has 1 aliphatic carbocycles. The molecule has 2 rings (SSSR count). The molecule has 0 amide bonds. The average molecular weight is 340 g/mol.